The fraction of sp³-hybridized carbons (Fsp3) is 0.136. The van der Waals surface area contributed by atoms with Crippen LogP contribution in [0.15, 0.2) is 65.8 Å². The molecule has 0 atom stereocenters. The summed E-state index contributed by atoms with van der Waals surface area (Å²) in [7, 11) is 0. The van der Waals surface area contributed by atoms with Gasteiger partial charge in [0, 0.05) is 28.0 Å². The highest BCUT2D eigenvalue weighted by Gasteiger charge is 2.28. The van der Waals surface area contributed by atoms with E-state index in [-0.39, 0.29) is 5.82 Å². The molecule has 0 amide bonds. The summed E-state index contributed by atoms with van der Waals surface area (Å²) in [6.07, 6.45) is 1.76. The summed E-state index contributed by atoms with van der Waals surface area (Å²) in [6, 6.07) is 19.7. The Morgan fingerprint density at radius 1 is 0.967 bits per heavy atom. The van der Waals surface area contributed by atoms with Gasteiger partial charge in [-0.2, -0.15) is 5.10 Å². The van der Waals surface area contributed by atoms with Crippen LogP contribution in [0.5, 0.6) is 0 Å². The molecule has 0 bridgehead atoms. The zero-order chi connectivity index (χ0) is 21.3. The number of para-hydroxylation sites is 2. The number of nitrogens with one attached hydrogen (secondary N) is 1. The van der Waals surface area contributed by atoms with Crippen LogP contribution in [-0.2, 0) is 3.79 Å². The number of anilines is 1. The number of aromatic nitrogens is 3. The number of hydrogen-bond acceptors (Lipinski definition) is 4. The van der Waals surface area contributed by atoms with Gasteiger partial charge in [-0.15, -0.1) is 0 Å². The minimum atomic E-state index is -1.73. The molecule has 5 nitrogen and oxygen atoms in total. The van der Waals surface area contributed by atoms with Crippen molar-refractivity contribution in [1.29, 1.82) is 0 Å². The minimum absolute atomic E-state index is 0.0890. The third kappa shape index (κ3) is 4.15. The number of alkyl halides is 3. The van der Waals surface area contributed by atoms with Crippen molar-refractivity contribution in [1.82, 2.24) is 14.5 Å². The van der Waals surface area contributed by atoms with E-state index in [4.69, 9.17) is 34.8 Å². The molecule has 0 aliphatic rings. The minimum Gasteiger partial charge on any atom is -0.318 e. The molecule has 152 valence electrons. The summed E-state index contributed by atoms with van der Waals surface area (Å²) in [5.74, 6) is 0.557. The van der Waals surface area contributed by atoms with Crippen LogP contribution < -0.4 is 5.43 Å². The Morgan fingerprint density at radius 3 is 2.40 bits per heavy atom. The zero-order valence-corrected chi connectivity index (χ0v) is 18.5. The molecule has 0 aliphatic carbocycles. The van der Waals surface area contributed by atoms with Gasteiger partial charge in [-0.05, 0) is 44.2 Å². The first-order valence-electron chi connectivity index (χ1n) is 9.22. The molecule has 1 N–H and O–H groups in total. The molecule has 0 aliphatic heterocycles. The van der Waals surface area contributed by atoms with E-state index in [1.165, 1.54) is 0 Å². The number of rotatable bonds is 4. The highest BCUT2D eigenvalue weighted by Crippen LogP contribution is 2.37. The average molecular weight is 459 g/mol. The second kappa shape index (κ2) is 8.26. The second-order valence-electron chi connectivity index (χ2n) is 6.78. The Kier molecular flexibility index (Phi) is 5.69. The third-order valence-corrected chi connectivity index (χ3v) is 5.22. The van der Waals surface area contributed by atoms with Crippen molar-refractivity contribution in [2.45, 2.75) is 17.6 Å². The smallest absolute Gasteiger partial charge is 0.250 e. The number of hydrogen-bond donors (Lipinski definition) is 1. The maximum absolute atomic E-state index is 6.00. The average Bonchev–Trinajstić information content (AvgIpc) is 3.01. The number of nitrogens with zero attached hydrogens (tertiary/aromatic N) is 4. The fourth-order valence-corrected chi connectivity index (χ4v) is 3.60. The van der Waals surface area contributed by atoms with E-state index >= 15 is 0 Å². The van der Waals surface area contributed by atoms with Gasteiger partial charge in [0.1, 0.15) is 0 Å². The number of halogens is 3. The van der Waals surface area contributed by atoms with E-state index in [1.807, 2.05) is 42.5 Å². The van der Waals surface area contributed by atoms with Crippen molar-refractivity contribution in [3.63, 3.8) is 0 Å². The van der Waals surface area contributed by atoms with Crippen molar-refractivity contribution in [3.8, 4) is 5.69 Å². The van der Waals surface area contributed by atoms with Crippen LogP contribution in [0.3, 0.4) is 0 Å². The van der Waals surface area contributed by atoms with Gasteiger partial charge in [0.25, 0.3) is 0 Å². The van der Waals surface area contributed by atoms with Gasteiger partial charge in [0.2, 0.25) is 3.79 Å². The van der Waals surface area contributed by atoms with Crippen molar-refractivity contribution in [2.24, 2.45) is 5.10 Å². The molecule has 2 aromatic carbocycles. The van der Waals surface area contributed by atoms with Crippen LogP contribution in [0.4, 0.5) is 5.82 Å². The molecule has 2 aromatic heterocycles. The lowest BCUT2D eigenvalue weighted by Gasteiger charge is -2.12. The number of fused-ring (bicyclic) bond motifs is 1. The largest absolute Gasteiger partial charge is 0.318 e. The first-order chi connectivity index (χ1) is 14.3. The molecule has 0 saturated carbocycles. The standard InChI is InChI=1S/C22H18Cl3N5/c1-14-12-16(15(2)30(14)17-8-4-3-5-9-17)13-26-29-20-18-10-6-7-11-19(18)27-21(28-20)22(23,24)25/h3-13H,1-2H3,(H,27,28,29). The van der Waals surface area contributed by atoms with E-state index < -0.39 is 3.79 Å². The van der Waals surface area contributed by atoms with Crippen molar-refractivity contribution in [2.75, 3.05) is 5.43 Å². The first-order valence-corrected chi connectivity index (χ1v) is 10.4. The Bertz CT molecular complexity index is 1230. The molecule has 0 radical (unpaired) electrons. The second-order valence-corrected chi connectivity index (χ2v) is 9.06. The molecular weight excluding hydrogens is 441 g/mol. The van der Waals surface area contributed by atoms with Crippen molar-refractivity contribution < 1.29 is 0 Å². The quantitative estimate of drug-likeness (QED) is 0.221. The lowest BCUT2D eigenvalue weighted by atomic mass is 10.2. The summed E-state index contributed by atoms with van der Waals surface area (Å²) in [5.41, 5.74) is 7.93. The van der Waals surface area contributed by atoms with Crippen LogP contribution in [0.1, 0.15) is 22.8 Å². The fourth-order valence-electron chi connectivity index (χ4n) is 3.34. The number of hydrazone groups is 1. The Labute approximate surface area is 189 Å². The maximum atomic E-state index is 6.00. The molecule has 0 saturated heterocycles. The molecule has 30 heavy (non-hydrogen) atoms. The lowest BCUT2D eigenvalue weighted by Crippen LogP contribution is -2.09. The summed E-state index contributed by atoms with van der Waals surface area (Å²) >= 11 is 18.0. The van der Waals surface area contributed by atoms with Gasteiger partial charge in [-0.3, -0.25) is 5.43 Å². The highest BCUT2D eigenvalue weighted by molar-refractivity contribution is 6.66. The molecular formula is C22H18Cl3N5. The topological polar surface area (TPSA) is 55.1 Å². The summed E-state index contributed by atoms with van der Waals surface area (Å²) in [4.78, 5) is 8.69. The van der Waals surface area contributed by atoms with Crippen LogP contribution in [0.25, 0.3) is 16.6 Å². The Balaban J connectivity index is 1.67. The number of benzene rings is 2. The predicted octanol–water partition coefficient (Wildman–Crippen LogP) is 6.31. The maximum Gasteiger partial charge on any atom is 0.250 e. The Morgan fingerprint density at radius 2 is 1.67 bits per heavy atom. The summed E-state index contributed by atoms with van der Waals surface area (Å²) in [5, 5.41) is 5.17. The van der Waals surface area contributed by atoms with Crippen LogP contribution >= 0.6 is 34.8 Å². The van der Waals surface area contributed by atoms with E-state index in [9.17, 15) is 0 Å². The van der Waals surface area contributed by atoms with Gasteiger partial charge in [-0.1, -0.05) is 65.1 Å². The molecule has 2 heterocycles. The molecule has 0 unspecified atom stereocenters. The lowest BCUT2D eigenvalue weighted by molar-refractivity contribution is 0.965. The van der Waals surface area contributed by atoms with Gasteiger partial charge in [0.05, 0.1) is 11.7 Å². The highest BCUT2D eigenvalue weighted by atomic mass is 35.6. The van der Waals surface area contributed by atoms with Crippen molar-refractivity contribution >= 4 is 57.7 Å². The third-order valence-electron chi connectivity index (χ3n) is 4.72. The zero-order valence-electron chi connectivity index (χ0n) is 16.3. The molecule has 4 aromatic rings. The normalized spacial score (nSPS) is 12.0. The first kappa shape index (κ1) is 20.7. The van der Waals surface area contributed by atoms with Crippen LogP contribution in [0, 0.1) is 13.8 Å². The van der Waals surface area contributed by atoms with Gasteiger partial charge >= 0.3 is 0 Å². The summed E-state index contributed by atoms with van der Waals surface area (Å²) < 4.78 is 0.452. The van der Waals surface area contributed by atoms with E-state index in [0.29, 0.717) is 11.3 Å². The SMILES string of the molecule is Cc1cc(C=NNc2nc(C(Cl)(Cl)Cl)nc3ccccc23)c(C)n1-c1ccccc1. The van der Waals surface area contributed by atoms with E-state index in [1.54, 1.807) is 6.21 Å². The van der Waals surface area contributed by atoms with Gasteiger partial charge < -0.3 is 4.57 Å². The monoisotopic (exact) mass is 457 g/mol. The Hall–Kier alpha value is -2.60. The number of aryl methyl sites for hydroxylation is 1. The van der Waals surface area contributed by atoms with E-state index in [2.05, 4.69) is 57.1 Å². The van der Waals surface area contributed by atoms with Crippen LogP contribution in [0.2, 0.25) is 0 Å². The summed E-state index contributed by atoms with van der Waals surface area (Å²) in [6.45, 7) is 4.12. The molecule has 8 heteroatoms. The van der Waals surface area contributed by atoms with E-state index in [0.717, 1.165) is 28.0 Å². The molecule has 4 rings (SSSR count). The predicted molar refractivity (Wildman–Crippen MR) is 125 cm³/mol. The van der Waals surface area contributed by atoms with Gasteiger partial charge in [-0.25, -0.2) is 9.97 Å². The molecule has 0 fully saturated rings. The van der Waals surface area contributed by atoms with Gasteiger partial charge in [0.15, 0.2) is 11.6 Å². The van der Waals surface area contributed by atoms with Crippen LogP contribution in [-0.4, -0.2) is 20.7 Å². The molecule has 0 spiro atoms. The van der Waals surface area contributed by atoms with Crippen molar-refractivity contribution in [3.05, 3.63) is 83.4 Å².